The second-order valence-electron chi connectivity index (χ2n) is 3.51. The Kier molecular flexibility index (Phi) is 3.85. The minimum Gasteiger partial charge on any atom is -0.455 e. The smallest absolute Gasteiger partial charge is 0.153 e. The Bertz CT molecular complexity index is 584. The van der Waals surface area contributed by atoms with Gasteiger partial charge in [-0.15, -0.1) is 0 Å². The molecule has 94 valence electrons. The number of ether oxygens (including phenoxy) is 1. The zero-order chi connectivity index (χ0) is 13.3. The molecule has 0 amide bonds. The Balaban J connectivity index is 2.36. The summed E-state index contributed by atoms with van der Waals surface area (Å²) in [5, 5.41) is 0.750. The van der Waals surface area contributed by atoms with Crippen LogP contribution in [0.3, 0.4) is 0 Å². The lowest BCUT2D eigenvalue weighted by molar-refractivity contribution is 0.479. The molecule has 2 nitrogen and oxygen atoms in total. The lowest BCUT2D eigenvalue weighted by Gasteiger charge is -2.10. The molecule has 0 aliphatic heterocycles. The molecule has 2 aromatic rings. The van der Waals surface area contributed by atoms with E-state index in [0.717, 1.165) is 6.07 Å². The predicted octanol–water partition coefficient (Wildman–Crippen LogP) is 5.16. The summed E-state index contributed by atoms with van der Waals surface area (Å²) < 4.78 is 18.7. The van der Waals surface area contributed by atoms with Gasteiger partial charge in [-0.25, -0.2) is 4.39 Å². The Morgan fingerprint density at radius 2 is 1.56 bits per heavy atom. The quantitative estimate of drug-likeness (QED) is 0.778. The van der Waals surface area contributed by atoms with Crippen molar-refractivity contribution in [1.82, 2.24) is 0 Å². The first kappa shape index (κ1) is 13.3. The summed E-state index contributed by atoms with van der Waals surface area (Å²) in [5.41, 5.74) is 5.89. The lowest BCUT2D eigenvalue weighted by atomic mass is 10.3. The molecule has 18 heavy (non-hydrogen) atoms. The molecule has 0 aliphatic rings. The standard InChI is InChI=1S/C12H7Cl3FNO/c13-6-1-7(14)3-8(2-6)18-12-5-10(16)9(15)4-11(12)17/h1-5H,17H2. The van der Waals surface area contributed by atoms with Crippen LogP contribution in [0.2, 0.25) is 15.1 Å². The molecule has 0 aliphatic carbocycles. The highest BCUT2D eigenvalue weighted by atomic mass is 35.5. The first-order valence-electron chi connectivity index (χ1n) is 4.84. The van der Waals surface area contributed by atoms with E-state index < -0.39 is 5.82 Å². The lowest BCUT2D eigenvalue weighted by Crippen LogP contribution is -1.94. The van der Waals surface area contributed by atoms with Crippen molar-refractivity contribution in [3.8, 4) is 11.5 Å². The maximum Gasteiger partial charge on any atom is 0.153 e. The Morgan fingerprint density at radius 1 is 0.944 bits per heavy atom. The molecule has 2 N–H and O–H groups in total. The number of benzene rings is 2. The second kappa shape index (κ2) is 5.22. The number of anilines is 1. The molecule has 0 aromatic heterocycles. The topological polar surface area (TPSA) is 35.2 Å². The van der Waals surface area contributed by atoms with Gasteiger partial charge >= 0.3 is 0 Å². The number of hydrogen-bond acceptors (Lipinski definition) is 2. The Hall–Kier alpha value is -1.16. The van der Waals surface area contributed by atoms with E-state index in [0.29, 0.717) is 15.8 Å². The zero-order valence-electron chi connectivity index (χ0n) is 8.88. The van der Waals surface area contributed by atoms with Gasteiger partial charge in [-0.2, -0.15) is 0 Å². The summed E-state index contributed by atoms with van der Waals surface area (Å²) >= 11 is 17.2. The van der Waals surface area contributed by atoms with Crippen molar-refractivity contribution in [2.24, 2.45) is 0 Å². The third-order valence-electron chi connectivity index (χ3n) is 2.12. The van der Waals surface area contributed by atoms with Crippen LogP contribution in [-0.4, -0.2) is 0 Å². The van der Waals surface area contributed by atoms with Crippen LogP contribution in [0, 0.1) is 5.82 Å². The van der Waals surface area contributed by atoms with Gasteiger partial charge in [0, 0.05) is 16.1 Å². The minimum atomic E-state index is -0.617. The highest BCUT2D eigenvalue weighted by Crippen LogP contribution is 2.34. The molecule has 0 bridgehead atoms. The third-order valence-corrected chi connectivity index (χ3v) is 2.84. The second-order valence-corrected chi connectivity index (χ2v) is 4.79. The molecule has 0 atom stereocenters. The molecular formula is C12H7Cl3FNO. The summed E-state index contributed by atoms with van der Waals surface area (Å²) in [4.78, 5) is 0. The van der Waals surface area contributed by atoms with Crippen molar-refractivity contribution in [3.05, 3.63) is 51.2 Å². The van der Waals surface area contributed by atoms with Crippen molar-refractivity contribution in [3.63, 3.8) is 0 Å². The van der Waals surface area contributed by atoms with Gasteiger partial charge in [-0.1, -0.05) is 34.8 Å². The predicted molar refractivity (Wildman–Crippen MR) is 72.4 cm³/mol. The van der Waals surface area contributed by atoms with Crippen molar-refractivity contribution in [1.29, 1.82) is 0 Å². The average Bonchev–Trinajstić information content (AvgIpc) is 2.24. The van der Waals surface area contributed by atoms with Crippen molar-refractivity contribution in [2.75, 3.05) is 5.73 Å². The fraction of sp³-hybridized carbons (Fsp3) is 0. The summed E-state index contributed by atoms with van der Waals surface area (Å²) in [5.74, 6) is -0.106. The molecular weight excluding hydrogens is 299 g/mol. The normalized spacial score (nSPS) is 10.4. The van der Waals surface area contributed by atoms with E-state index >= 15 is 0 Å². The van der Waals surface area contributed by atoms with Crippen LogP contribution in [0.25, 0.3) is 0 Å². The van der Waals surface area contributed by atoms with Gasteiger partial charge in [-0.3, -0.25) is 0 Å². The number of halogens is 4. The van der Waals surface area contributed by atoms with Gasteiger partial charge < -0.3 is 10.5 Å². The van der Waals surface area contributed by atoms with Crippen molar-refractivity contribution < 1.29 is 9.13 Å². The molecule has 0 saturated carbocycles. The summed E-state index contributed by atoms with van der Waals surface area (Å²) in [6.07, 6.45) is 0. The largest absolute Gasteiger partial charge is 0.455 e. The SMILES string of the molecule is Nc1cc(Cl)c(F)cc1Oc1cc(Cl)cc(Cl)c1. The molecule has 0 radical (unpaired) electrons. The molecule has 0 spiro atoms. The van der Waals surface area contributed by atoms with Crippen molar-refractivity contribution in [2.45, 2.75) is 0 Å². The van der Waals surface area contributed by atoms with E-state index in [1.54, 1.807) is 18.2 Å². The fourth-order valence-electron chi connectivity index (χ4n) is 1.35. The molecule has 2 rings (SSSR count). The fourth-order valence-corrected chi connectivity index (χ4v) is 2.02. The minimum absolute atomic E-state index is 0.0658. The third kappa shape index (κ3) is 2.99. The maximum atomic E-state index is 13.3. The van der Waals surface area contributed by atoms with Gasteiger partial charge in [0.05, 0.1) is 10.7 Å². The zero-order valence-corrected chi connectivity index (χ0v) is 11.2. The summed E-state index contributed by atoms with van der Waals surface area (Å²) in [6, 6.07) is 7.02. The first-order chi connectivity index (χ1) is 8.45. The van der Waals surface area contributed by atoms with Gasteiger partial charge in [0.25, 0.3) is 0 Å². The summed E-state index contributed by atoms with van der Waals surface area (Å²) in [7, 11) is 0. The van der Waals surface area contributed by atoms with E-state index in [1.165, 1.54) is 6.07 Å². The van der Waals surface area contributed by atoms with Gasteiger partial charge in [0.1, 0.15) is 11.6 Å². The van der Waals surface area contributed by atoms with E-state index in [9.17, 15) is 4.39 Å². The van der Waals surface area contributed by atoms with Gasteiger partial charge in [-0.05, 0) is 24.3 Å². The number of hydrogen-bond donors (Lipinski definition) is 1. The molecule has 0 saturated heterocycles. The monoisotopic (exact) mass is 305 g/mol. The van der Waals surface area contributed by atoms with Crippen LogP contribution in [0.15, 0.2) is 30.3 Å². The highest BCUT2D eigenvalue weighted by Gasteiger charge is 2.09. The van der Waals surface area contributed by atoms with Gasteiger partial charge in [0.2, 0.25) is 0 Å². The molecule has 0 heterocycles. The molecule has 6 heteroatoms. The average molecular weight is 307 g/mol. The molecule has 2 aromatic carbocycles. The molecule has 0 unspecified atom stereocenters. The molecule has 0 fully saturated rings. The first-order valence-corrected chi connectivity index (χ1v) is 5.97. The Morgan fingerprint density at radius 3 is 2.17 bits per heavy atom. The van der Waals surface area contributed by atoms with E-state index in [1.807, 2.05) is 0 Å². The van der Waals surface area contributed by atoms with E-state index in [4.69, 9.17) is 45.3 Å². The van der Waals surface area contributed by atoms with Crippen LogP contribution in [0.1, 0.15) is 0 Å². The Labute approximate surface area is 118 Å². The van der Waals surface area contributed by atoms with Gasteiger partial charge in [0.15, 0.2) is 5.75 Å². The summed E-state index contributed by atoms with van der Waals surface area (Å²) in [6.45, 7) is 0. The van der Waals surface area contributed by atoms with Crippen LogP contribution in [0.4, 0.5) is 10.1 Å². The number of nitrogen functional groups attached to an aromatic ring is 1. The number of nitrogens with two attached hydrogens (primary N) is 1. The van der Waals surface area contributed by atoms with Crippen LogP contribution in [0.5, 0.6) is 11.5 Å². The highest BCUT2D eigenvalue weighted by molar-refractivity contribution is 6.34. The van der Waals surface area contributed by atoms with E-state index in [-0.39, 0.29) is 16.5 Å². The van der Waals surface area contributed by atoms with Crippen LogP contribution < -0.4 is 10.5 Å². The van der Waals surface area contributed by atoms with Crippen LogP contribution in [-0.2, 0) is 0 Å². The maximum absolute atomic E-state index is 13.3. The van der Waals surface area contributed by atoms with E-state index in [2.05, 4.69) is 0 Å². The van der Waals surface area contributed by atoms with Crippen molar-refractivity contribution >= 4 is 40.5 Å². The van der Waals surface area contributed by atoms with Crippen LogP contribution >= 0.6 is 34.8 Å². The number of rotatable bonds is 2.